The molecule has 11 heteroatoms. The molecule has 0 radical (unpaired) electrons. The normalized spacial score (nSPS) is 17.5. The van der Waals surface area contributed by atoms with Gasteiger partial charge in [0.15, 0.2) is 5.82 Å². The van der Waals surface area contributed by atoms with Crippen LogP contribution in [0.4, 0.5) is 23.4 Å². The van der Waals surface area contributed by atoms with Crippen molar-refractivity contribution in [3.8, 4) is 5.69 Å². The second kappa shape index (κ2) is 8.57. The van der Waals surface area contributed by atoms with E-state index in [-0.39, 0.29) is 24.8 Å². The standard InChI is InChI=1S/C22H21ClF4N6/c23-16-1-3-18-15(9-16)11-31(13-22(25,26)27)12-20-29-30-21(33(18)20)14-5-7-32(8-6-14)19-4-2-17(24)10-28-19/h1-4,9-10,14H,5-8,11-13H2. The van der Waals surface area contributed by atoms with Crippen molar-refractivity contribution in [3.63, 3.8) is 0 Å². The number of nitrogens with zero attached hydrogens (tertiary/aromatic N) is 6. The summed E-state index contributed by atoms with van der Waals surface area (Å²) in [5.74, 6) is 1.66. The predicted octanol–water partition coefficient (Wildman–Crippen LogP) is 4.72. The minimum absolute atomic E-state index is 0.0388. The molecule has 4 heterocycles. The molecule has 2 aliphatic heterocycles. The van der Waals surface area contributed by atoms with E-state index in [4.69, 9.17) is 11.6 Å². The van der Waals surface area contributed by atoms with Crippen LogP contribution in [-0.4, -0.2) is 50.5 Å². The lowest BCUT2D eigenvalue weighted by Gasteiger charge is -2.32. The molecule has 0 N–H and O–H groups in total. The Kier molecular flexibility index (Phi) is 5.74. The van der Waals surface area contributed by atoms with Crippen molar-refractivity contribution in [3.05, 3.63) is 64.6 Å². The quantitative estimate of drug-likeness (QED) is 0.508. The number of aromatic nitrogens is 4. The summed E-state index contributed by atoms with van der Waals surface area (Å²) in [7, 11) is 0. The second-order valence-corrected chi connectivity index (χ2v) is 8.88. The Labute approximate surface area is 192 Å². The van der Waals surface area contributed by atoms with Gasteiger partial charge in [0.25, 0.3) is 0 Å². The first-order valence-electron chi connectivity index (χ1n) is 10.7. The number of piperidine rings is 1. The van der Waals surface area contributed by atoms with Crippen molar-refractivity contribution < 1.29 is 17.6 Å². The zero-order valence-electron chi connectivity index (χ0n) is 17.6. The number of hydrogen-bond acceptors (Lipinski definition) is 5. The molecular formula is C22H21ClF4N6. The number of benzene rings is 1. The van der Waals surface area contributed by atoms with Crippen LogP contribution in [0.25, 0.3) is 5.69 Å². The highest BCUT2D eigenvalue weighted by atomic mass is 35.5. The minimum atomic E-state index is -4.32. The average molecular weight is 481 g/mol. The van der Waals surface area contributed by atoms with Gasteiger partial charge in [-0.3, -0.25) is 9.47 Å². The van der Waals surface area contributed by atoms with Crippen LogP contribution in [0, 0.1) is 5.82 Å². The van der Waals surface area contributed by atoms with E-state index in [2.05, 4.69) is 20.1 Å². The fraction of sp³-hybridized carbons (Fsp3) is 0.409. The first kappa shape index (κ1) is 22.1. The summed E-state index contributed by atoms with van der Waals surface area (Å²) < 4.78 is 54.6. The Hall–Kier alpha value is -2.72. The monoisotopic (exact) mass is 480 g/mol. The van der Waals surface area contributed by atoms with Gasteiger partial charge in [0.1, 0.15) is 17.5 Å². The predicted molar refractivity (Wildman–Crippen MR) is 115 cm³/mol. The van der Waals surface area contributed by atoms with Crippen molar-refractivity contribution in [2.75, 3.05) is 24.5 Å². The number of anilines is 1. The van der Waals surface area contributed by atoms with Gasteiger partial charge in [-0.05, 0) is 48.7 Å². The lowest BCUT2D eigenvalue weighted by molar-refractivity contribution is -0.148. The summed E-state index contributed by atoms with van der Waals surface area (Å²) in [5.41, 5.74) is 1.47. The Morgan fingerprint density at radius 1 is 1.03 bits per heavy atom. The minimum Gasteiger partial charge on any atom is -0.357 e. The molecule has 0 aliphatic carbocycles. The first-order chi connectivity index (χ1) is 15.8. The maximum absolute atomic E-state index is 13.2. The summed E-state index contributed by atoms with van der Waals surface area (Å²) in [4.78, 5) is 7.56. The Morgan fingerprint density at radius 3 is 2.52 bits per heavy atom. The van der Waals surface area contributed by atoms with Crippen LogP contribution in [-0.2, 0) is 13.1 Å². The molecule has 2 aliphatic rings. The number of halogens is 5. The van der Waals surface area contributed by atoms with Gasteiger partial charge in [-0.2, -0.15) is 13.2 Å². The summed E-state index contributed by atoms with van der Waals surface area (Å²) >= 11 is 6.17. The molecule has 0 amide bonds. The fourth-order valence-corrected chi connectivity index (χ4v) is 4.84. The van der Waals surface area contributed by atoms with Crippen LogP contribution < -0.4 is 4.90 Å². The Bertz CT molecular complexity index is 1140. The van der Waals surface area contributed by atoms with Crippen LogP contribution >= 0.6 is 11.6 Å². The Morgan fingerprint density at radius 2 is 1.82 bits per heavy atom. The molecule has 6 nitrogen and oxygen atoms in total. The van der Waals surface area contributed by atoms with Gasteiger partial charge in [-0.15, -0.1) is 10.2 Å². The van der Waals surface area contributed by atoms with Gasteiger partial charge in [0.2, 0.25) is 0 Å². The van der Waals surface area contributed by atoms with Gasteiger partial charge in [0, 0.05) is 30.6 Å². The highest BCUT2D eigenvalue weighted by Gasteiger charge is 2.35. The third-order valence-electron chi connectivity index (χ3n) is 6.10. The van der Waals surface area contributed by atoms with Crippen molar-refractivity contribution in [1.29, 1.82) is 0 Å². The van der Waals surface area contributed by atoms with Crippen molar-refractivity contribution in [2.24, 2.45) is 0 Å². The number of rotatable bonds is 3. The van der Waals surface area contributed by atoms with Crippen LogP contribution in [0.1, 0.15) is 36.0 Å². The number of pyridine rings is 1. The largest absolute Gasteiger partial charge is 0.401 e. The van der Waals surface area contributed by atoms with E-state index in [1.165, 1.54) is 17.2 Å². The van der Waals surface area contributed by atoms with Gasteiger partial charge < -0.3 is 4.90 Å². The van der Waals surface area contributed by atoms with Crippen molar-refractivity contribution in [1.82, 2.24) is 24.6 Å². The zero-order chi connectivity index (χ0) is 23.2. The van der Waals surface area contributed by atoms with Gasteiger partial charge in [0.05, 0.1) is 25.0 Å². The molecule has 1 fully saturated rings. The molecule has 0 spiro atoms. The van der Waals surface area contributed by atoms with Crippen LogP contribution in [0.2, 0.25) is 5.02 Å². The van der Waals surface area contributed by atoms with Crippen LogP contribution in [0.3, 0.4) is 0 Å². The summed E-state index contributed by atoms with van der Waals surface area (Å²) in [5, 5.41) is 9.17. The molecule has 0 unspecified atom stereocenters. The third kappa shape index (κ3) is 4.67. The van der Waals surface area contributed by atoms with E-state index < -0.39 is 12.7 Å². The SMILES string of the molecule is Fc1ccc(N2CCC(c3nnc4n3-c3ccc(Cl)cc3CN(CC(F)(F)F)C4)CC2)nc1. The molecule has 174 valence electrons. The van der Waals surface area contributed by atoms with E-state index in [0.29, 0.717) is 29.5 Å². The van der Waals surface area contributed by atoms with E-state index >= 15 is 0 Å². The fourth-order valence-electron chi connectivity index (χ4n) is 4.64. The van der Waals surface area contributed by atoms with Gasteiger partial charge in [-0.25, -0.2) is 9.37 Å². The molecule has 0 saturated carbocycles. The van der Waals surface area contributed by atoms with E-state index in [0.717, 1.165) is 30.2 Å². The summed E-state index contributed by atoms with van der Waals surface area (Å²) in [6, 6.07) is 8.32. The summed E-state index contributed by atoms with van der Waals surface area (Å²) in [6.45, 7) is 0.534. The first-order valence-corrected chi connectivity index (χ1v) is 11.0. The van der Waals surface area contributed by atoms with Crippen LogP contribution in [0.15, 0.2) is 36.5 Å². The average Bonchev–Trinajstić information content (AvgIpc) is 3.10. The third-order valence-corrected chi connectivity index (χ3v) is 6.33. The number of fused-ring (bicyclic) bond motifs is 3. The van der Waals surface area contributed by atoms with Crippen molar-refractivity contribution >= 4 is 17.4 Å². The van der Waals surface area contributed by atoms with Crippen molar-refractivity contribution in [2.45, 2.75) is 38.0 Å². The highest BCUT2D eigenvalue weighted by Crippen LogP contribution is 2.35. The second-order valence-electron chi connectivity index (χ2n) is 8.44. The molecular weight excluding hydrogens is 460 g/mol. The lowest BCUT2D eigenvalue weighted by atomic mass is 9.95. The smallest absolute Gasteiger partial charge is 0.357 e. The molecule has 3 aromatic rings. The van der Waals surface area contributed by atoms with Gasteiger partial charge >= 0.3 is 6.18 Å². The van der Waals surface area contributed by atoms with E-state index in [1.807, 2.05) is 10.6 Å². The Balaban J connectivity index is 1.43. The highest BCUT2D eigenvalue weighted by molar-refractivity contribution is 6.30. The molecule has 5 rings (SSSR count). The van der Waals surface area contributed by atoms with Gasteiger partial charge in [-0.1, -0.05) is 11.6 Å². The van der Waals surface area contributed by atoms with E-state index in [9.17, 15) is 17.6 Å². The number of hydrogen-bond donors (Lipinski definition) is 0. The zero-order valence-corrected chi connectivity index (χ0v) is 18.3. The molecule has 1 aromatic carbocycles. The molecule has 0 bridgehead atoms. The van der Waals surface area contributed by atoms with E-state index in [1.54, 1.807) is 18.2 Å². The maximum Gasteiger partial charge on any atom is 0.401 e. The molecule has 1 saturated heterocycles. The van der Waals surface area contributed by atoms with Crippen LogP contribution in [0.5, 0.6) is 0 Å². The molecule has 33 heavy (non-hydrogen) atoms. The lowest BCUT2D eigenvalue weighted by Crippen LogP contribution is -2.34. The number of alkyl halides is 3. The molecule has 0 atom stereocenters. The topological polar surface area (TPSA) is 50.1 Å². The maximum atomic E-state index is 13.2. The summed E-state index contributed by atoms with van der Waals surface area (Å²) in [6.07, 6.45) is -1.58. The molecule has 2 aromatic heterocycles.